The zero-order chi connectivity index (χ0) is 30.2. The second-order valence-electron chi connectivity index (χ2n) is 9.71. The summed E-state index contributed by atoms with van der Waals surface area (Å²) in [5.41, 5.74) is 2.07. The van der Waals surface area contributed by atoms with Crippen molar-refractivity contribution < 1.29 is 26.7 Å². The monoisotopic (exact) mass is 590 g/mol. The van der Waals surface area contributed by atoms with E-state index < -0.39 is 32.9 Å². The number of nitrogens with one attached hydrogen (secondary N) is 2. The Morgan fingerprint density at radius 2 is 1.76 bits per heavy atom. The second kappa shape index (κ2) is 11.1. The summed E-state index contributed by atoms with van der Waals surface area (Å²) in [6, 6.07) is 12.4. The van der Waals surface area contributed by atoms with Gasteiger partial charge in [-0.15, -0.1) is 0 Å². The van der Waals surface area contributed by atoms with Crippen molar-refractivity contribution in [1.82, 2.24) is 15.0 Å². The molecule has 2 aromatic carbocycles. The van der Waals surface area contributed by atoms with Gasteiger partial charge in [-0.1, -0.05) is 18.2 Å². The molecule has 0 amide bonds. The van der Waals surface area contributed by atoms with Crippen LogP contribution in [-0.2, 0) is 16.4 Å². The van der Waals surface area contributed by atoms with Gasteiger partial charge in [0.1, 0.15) is 17.2 Å². The molecule has 214 valence electrons. The number of hydrogen-bond donors (Lipinski definition) is 2. The third-order valence-corrected chi connectivity index (χ3v) is 7.01. The van der Waals surface area contributed by atoms with E-state index >= 15 is 4.39 Å². The molecule has 0 bridgehead atoms. The van der Waals surface area contributed by atoms with Crippen molar-refractivity contribution in [3.8, 4) is 22.6 Å². The van der Waals surface area contributed by atoms with Crippen LogP contribution in [-0.4, -0.2) is 35.4 Å². The number of anilines is 1. The molecule has 0 atom stereocenters. The Hall–Kier alpha value is -4.97. The smallest absolute Gasteiger partial charge is 0.230 e. The Labute approximate surface area is 239 Å². The standard InChI is InChI=1S/C30H24F2N4O5S/c1-16-12-23-28(35-30(16)36-42(3,39)40)26(10-11-33-23)41-25-9-4-18(13-22(25)32)14-24(37)21-15-34-17(2)27(29(21)38)19-5-7-20(31)8-6-19/h4-13,15H,14H2,1-3H3,(H,34,38)(H,35,36). The van der Waals surface area contributed by atoms with Gasteiger partial charge in [0.15, 0.2) is 28.5 Å². The highest BCUT2D eigenvalue weighted by atomic mass is 32.2. The molecular formula is C30H24F2N4O5S. The number of hydrogen-bond acceptors (Lipinski definition) is 7. The number of nitrogens with zero attached hydrogens (tertiary/aromatic N) is 2. The van der Waals surface area contributed by atoms with E-state index in [2.05, 4.69) is 19.7 Å². The third kappa shape index (κ3) is 6.03. The highest BCUT2D eigenvalue weighted by Crippen LogP contribution is 2.32. The number of aromatic nitrogens is 3. The number of aromatic amines is 1. The maximum Gasteiger partial charge on any atom is 0.230 e. The molecule has 0 saturated heterocycles. The molecule has 3 heterocycles. The molecule has 0 saturated carbocycles. The molecule has 5 aromatic rings. The molecule has 12 heteroatoms. The number of pyridine rings is 3. The number of carbonyl (C=O) groups excluding carboxylic acids is 1. The van der Waals surface area contributed by atoms with E-state index in [-0.39, 0.29) is 40.4 Å². The molecule has 42 heavy (non-hydrogen) atoms. The van der Waals surface area contributed by atoms with Crippen LogP contribution in [0.3, 0.4) is 0 Å². The van der Waals surface area contributed by atoms with E-state index in [1.54, 1.807) is 19.9 Å². The van der Waals surface area contributed by atoms with Crippen molar-refractivity contribution in [2.75, 3.05) is 11.0 Å². The molecule has 0 unspecified atom stereocenters. The van der Waals surface area contributed by atoms with Gasteiger partial charge in [0.05, 0.1) is 17.3 Å². The molecular weight excluding hydrogens is 566 g/mol. The van der Waals surface area contributed by atoms with Gasteiger partial charge in [0.2, 0.25) is 10.0 Å². The average Bonchev–Trinajstić information content (AvgIpc) is 2.91. The van der Waals surface area contributed by atoms with Crippen molar-refractivity contribution in [1.29, 1.82) is 0 Å². The number of aryl methyl sites for hydroxylation is 2. The van der Waals surface area contributed by atoms with Crippen LogP contribution in [0, 0.1) is 25.5 Å². The second-order valence-corrected chi connectivity index (χ2v) is 11.5. The summed E-state index contributed by atoms with van der Waals surface area (Å²) in [5, 5.41) is 0. The lowest BCUT2D eigenvalue weighted by Crippen LogP contribution is -2.20. The number of ether oxygens (including phenoxy) is 1. The molecule has 9 nitrogen and oxygen atoms in total. The fourth-order valence-corrected chi connectivity index (χ4v) is 4.99. The zero-order valence-electron chi connectivity index (χ0n) is 22.7. The number of Topliss-reactive ketones (excluding diaryl/α,β-unsaturated/α-hetero) is 1. The number of sulfonamides is 1. The predicted octanol–water partition coefficient (Wildman–Crippen LogP) is 5.47. The molecule has 2 N–H and O–H groups in total. The molecule has 0 fully saturated rings. The Bertz CT molecular complexity index is 2030. The van der Waals surface area contributed by atoms with Crippen LogP contribution in [0.25, 0.3) is 22.2 Å². The average molecular weight is 591 g/mol. The van der Waals surface area contributed by atoms with E-state index in [0.717, 1.165) is 12.3 Å². The molecule has 0 aliphatic carbocycles. The van der Waals surface area contributed by atoms with Crippen LogP contribution in [0.2, 0.25) is 0 Å². The molecule has 5 rings (SSSR count). The number of rotatable bonds is 8. The lowest BCUT2D eigenvalue weighted by Gasteiger charge is -2.12. The van der Waals surface area contributed by atoms with Crippen LogP contribution in [0.4, 0.5) is 14.6 Å². The largest absolute Gasteiger partial charge is 0.452 e. The fraction of sp³-hybridized carbons (Fsp3) is 0.133. The molecule has 0 aliphatic rings. The first kappa shape index (κ1) is 28.6. The van der Waals surface area contributed by atoms with Gasteiger partial charge in [-0.25, -0.2) is 22.2 Å². The van der Waals surface area contributed by atoms with E-state index in [0.29, 0.717) is 27.9 Å². The number of ketones is 1. The van der Waals surface area contributed by atoms with Gasteiger partial charge in [-0.05, 0) is 60.9 Å². The Morgan fingerprint density at radius 3 is 2.45 bits per heavy atom. The van der Waals surface area contributed by atoms with Crippen molar-refractivity contribution >= 4 is 32.7 Å². The van der Waals surface area contributed by atoms with Gasteiger partial charge in [-0.2, -0.15) is 0 Å². The van der Waals surface area contributed by atoms with Crippen LogP contribution >= 0.6 is 0 Å². The topological polar surface area (TPSA) is 131 Å². The summed E-state index contributed by atoms with van der Waals surface area (Å²) in [4.78, 5) is 37.7. The van der Waals surface area contributed by atoms with Gasteiger partial charge in [0, 0.05) is 36.1 Å². The minimum atomic E-state index is -3.60. The summed E-state index contributed by atoms with van der Waals surface area (Å²) in [7, 11) is -3.60. The number of fused-ring (bicyclic) bond motifs is 1. The molecule has 0 aliphatic heterocycles. The number of H-pyrrole nitrogens is 1. The first-order valence-electron chi connectivity index (χ1n) is 12.6. The van der Waals surface area contributed by atoms with E-state index in [1.165, 1.54) is 54.9 Å². The summed E-state index contributed by atoms with van der Waals surface area (Å²) < 4.78 is 60.1. The summed E-state index contributed by atoms with van der Waals surface area (Å²) >= 11 is 0. The first-order chi connectivity index (χ1) is 19.9. The maximum absolute atomic E-state index is 15.1. The molecule has 0 spiro atoms. The van der Waals surface area contributed by atoms with Gasteiger partial charge >= 0.3 is 0 Å². The highest BCUT2D eigenvalue weighted by Gasteiger charge is 2.19. The predicted molar refractivity (Wildman–Crippen MR) is 154 cm³/mol. The summed E-state index contributed by atoms with van der Waals surface area (Å²) in [5.74, 6) is -1.68. The Morgan fingerprint density at radius 1 is 1.02 bits per heavy atom. The number of halogens is 2. The summed E-state index contributed by atoms with van der Waals surface area (Å²) in [6.07, 6.45) is 3.51. The minimum Gasteiger partial charge on any atom is -0.452 e. The highest BCUT2D eigenvalue weighted by molar-refractivity contribution is 7.92. The van der Waals surface area contributed by atoms with Crippen molar-refractivity contribution in [2.24, 2.45) is 0 Å². The SMILES string of the molecule is Cc1cc2nccc(Oc3ccc(CC(=O)c4c[nH]c(C)c(-c5ccc(F)cc5)c4=O)cc3F)c2nc1NS(C)(=O)=O. The lowest BCUT2D eigenvalue weighted by molar-refractivity contribution is 0.0991. The zero-order valence-corrected chi connectivity index (χ0v) is 23.5. The van der Waals surface area contributed by atoms with Gasteiger partial charge in [0.25, 0.3) is 0 Å². The van der Waals surface area contributed by atoms with Crippen LogP contribution in [0.15, 0.2) is 71.8 Å². The summed E-state index contributed by atoms with van der Waals surface area (Å²) in [6.45, 7) is 3.34. The van der Waals surface area contributed by atoms with Crippen molar-refractivity contribution in [2.45, 2.75) is 20.3 Å². The van der Waals surface area contributed by atoms with Gasteiger partial charge < -0.3 is 9.72 Å². The van der Waals surface area contributed by atoms with E-state index in [4.69, 9.17) is 4.74 Å². The van der Waals surface area contributed by atoms with Crippen LogP contribution in [0.1, 0.15) is 27.2 Å². The fourth-order valence-electron chi connectivity index (χ4n) is 4.43. The number of carbonyl (C=O) groups is 1. The number of benzene rings is 2. The lowest BCUT2D eigenvalue weighted by atomic mass is 9.98. The van der Waals surface area contributed by atoms with Crippen molar-refractivity contribution in [3.05, 3.63) is 111 Å². The Balaban J connectivity index is 1.40. The minimum absolute atomic E-state index is 0.0888. The first-order valence-corrected chi connectivity index (χ1v) is 14.5. The van der Waals surface area contributed by atoms with Crippen molar-refractivity contribution in [3.63, 3.8) is 0 Å². The van der Waals surface area contributed by atoms with Crippen LogP contribution in [0.5, 0.6) is 11.5 Å². The van der Waals surface area contributed by atoms with E-state index in [1.807, 2.05) is 0 Å². The maximum atomic E-state index is 15.1. The molecule has 0 radical (unpaired) electrons. The molecule has 3 aromatic heterocycles. The normalized spacial score (nSPS) is 11.5. The quantitative estimate of drug-likeness (QED) is 0.229. The Kier molecular flexibility index (Phi) is 7.57. The van der Waals surface area contributed by atoms with E-state index in [9.17, 15) is 22.4 Å². The van der Waals surface area contributed by atoms with Gasteiger partial charge in [-0.3, -0.25) is 19.3 Å². The van der Waals surface area contributed by atoms with Crippen LogP contribution < -0.4 is 14.9 Å². The third-order valence-electron chi connectivity index (χ3n) is 6.44.